The molecule has 0 radical (unpaired) electrons. The van der Waals surface area contributed by atoms with Crippen molar-refractivity contribution in [1.82, 2.24) is 20.2 Å². The molecule has 1 aliphatic carbocycles. The number of nitrogens with two attached hydrogens (primary N) is 1. The van der Waals surface area contributed by atoms with Gasteiger partial charge in [-0.05, 0) is 34.4 Å². The molecule has 1 atom stereocenters. The van der Waals surface area contributed by atoms with Crippen molar-refractivity contribution >= 4 is 28.9 Å². The molecular formula is C12H13Cl2N5. The van der Waals surface area contributed by atoms with Crippen LogP contribution in [0.15, 0.2) is 12.1 Å². The van der Waals surface area contributed by atoms with Crippen molar-refractivity contribution in [1.29, 1.82) is 0 Å². The number of anilines is 1. The van der Waals surface area contributed by atoms with Crippen LogP contribution in [0.1, 0.15) is 26.3 Å². The van der Waals surface area contributed by atoms with Gasteiger partial charge in [0.2, 0.25) is 0 Å². The summed E-state index contributed by atoms with van der Waals surface area (Å²) in [4.78, 5) is 0. The molecule has 19 heavy (non-hydrogen) atoms. The number of nitrogen functional groups attached to an aromatic ring is 1. The number of benzene rings is 1. The number of rotatable bonds is 2. The minimum atomic E-state index is 0.228. The third kappa shape index (κ3) is 2.07. The topological polar surface area (TPSA) is 69.6 Å². The van der Waals surface area contributed by atoms with E-state index >= 15 is 0 Å². The van der Waals surface area contributed by atoms with Crippen LogP contribution < -0.4 is 5.73 Å². The van der Waals surface area contributed by atoms with E-state index < -0.39 is 0 Å². The summed E-state index contributed by atoms with van der Waals surface area (Å²) in [6.07, 6.45) is 1.06. The molecule has 1 aromatic heterocycles. The van der Waals surface area contributed by atoms with Crippen molar-refractivity contribution in [2.75, 3.05) is 5.73 Å². The fourth-order valence-electron chi connectivity index (χ4n) is 2.19. The Kier molecular flexibility index (Phi) is 2.73. The molecule has 0 amide bonds. The highest BCUT2D eigenvalue weighted by atomic mass is 35.5. The largest absolute Gasteiger partial charge is 0.397 e. The molecule has 1 aliphatic rings. The van der Waals surface area contributed by atoms with Crippen molar-refractivity contribution in [2.24, 2.45) is 5.41 Å². The number of halogens is 2. The number of aromatic nitrogens is 4. The maximum Gasteiger partial charge on any atom is 0.182 e. The zero-order valence-electron chi connectivity index (χ0n) is 10.6. The van der Waals surface area contributed by atoms with Crippen LogP contribution in [0.4, 0.5) is 5.69 Å². The second-order valence-electron chi connectivity index (χ2n) is 5.52. The Morgan fingerprint density at radius 1 is 1.37 bits per heavy atom. The van der Waals surface area contributed by atoms with Gasteiger partial charge in [-0.3, -0.25) is 0 Å². The molecule has 2 aromatic rings. The SMILES string of the molecule is CC1(C)CC1n1nnnc1-c1cc(N)c(Cl)c(Cl)c1. The lowest BCUT2D eigenvalue weighted by Gasteiger charge is -2.08. The van der Waals surface area contributed by atoms with Gasteiger partial charge in [0.05, 0.1) is 21.8 Å². The van der Waals surface area contributed by atoms with E-state index in [4.69, 9.17) is 28.9 Å². The molecule has 1 unspecified atom stereocenters. The molecule has 100 valence electrons. The van der Waals surface area contributed by atoms with E-state index in [-0.39, 0.29) is 5.41 Å². The van der Waals surface area contributed by atoms with Crippen LogP contribution >= 0.6 is 23.2 Å². The van der Waals surface area contributed by atoms with Crippen molar-refractivity contribution in [3.63, 3.8) is 0 Å². The minimum Gasteiger partial charge on any atom is -0.397 e. The maximum absolute atomic E-state index is 6.05. The van der Waals surface area contributed by atoms with E-state index in [1.165, 1.54) is 0 Å². The summed E-state index contributed by atoms with van der Waals surface area (Å²) in [7, 11) is 0. The first-order valence-corrected chi connectivity index (χ1v) is 6.68. The molecule has 2 N–H and O–H groups in total. The summed E-state index contributed by atoms with van der Waals surface area (Å²) >= 11 is 12.0. The molecule has 5 nitrogen and oxygen atoms in total. The van der Waals surface area contributed by atoms with Gasteiger partial charge in [0.25, 0.3) is 0 Å². The Hall–Kier alpha value is -1.33. The minimum absolute atomic E-state index is 0.228. The molecular weight excluding hydrogens is 285 g/mol. The van der Waals surface area contributed by atoms with Crippen LogP contribution in [0.25, 0.3) is 11.4 Å². The Bertz CT molecular complexity index is 626. The van der Waals surface area contributed by atoms with Crippen molar-refractivity contribution < 1.29 is 0 Å². The summed E-state index contributed by atoms with van der Waals surface area (Å²) in [5, 5.41) is 12.7. The molecule has 1 aromatic carbocycles. The Morgan fingerprint density at radius 2 is 2.05 bits per heavy atom. The summed E-state index contributed by atoms with van der Waals surface area (Å²) in [6.45, 7) is 4.37. The first-order valence-electron chi connectivity index (χ1n) is 5.93. The summed E-state index contributed by atoms with van der Waals surface area (Å²) < 4.78 is 1.83. The number of nitrogens with zero attached hydrogens (tertiary/aromatic N) is 4. The van der Waals surface area contributed by atoms with Gasteiger partial charge in [0.1, 0.15) is 0 Å². The summed E-state index contributed by atoms with van der Waals surface area (Å²) in [5.41, 5.74) is 7.26. The molecule has 0 spiro atoms. The molecule has 1 heterocycles. The van der Waals surface area contributed by atoms with E-state index in [0.29, 0.717) is 27.6 Å². The van der Waals surface area contributed by atoms with Crippen LogP contribution in [-0.2, 0) is 0 Å². The Balaban J connectivity index is 2.07. The van der Waals surface area contributed by atoms with Gasteiger partial charge >= 0.3 is 0 Å². The molecule has 0 aliphatic heterocycles. The first-order chi connectivity index (χ1) is 8.90. The molecule has 0 saturated heterocycles. The third-order valence-electron chi connectivity index (χ3n) is 3.56. The number of tetrazole rings is 1. The average molecular weight is 298 g/mol. The van der Waals surface area contributed by atoms with Crippen LogP contribution in [-0.4, -0.2) is 20.2 Å². The zero-order chi connectivity index (χ0) is 13.8. The first kappa shape index (κ1) is 12.7. The third-order valence-corrected chi connectivity index (χ3v) is 4.38. The predicted octanol–water partition coefficient (Wildman–Crippen LogP) is 3.20. The molecule has 1 saturated carbocycles. The fraction of sp³-hybridized carbons (Fsp3) is 0.417. The zero-order valence-corrected chi connectivity index (χ0v) is 12.1. The van der Waals surface area contributed by atoms with E-state index in [1.54, 1.807) is 12.1 Å². The highest BCUT2D eigenvalue weighted by Crippen LogP contribution is 2.55. The van der Waals surface area contributed by atoms with E-state index in [9.17, 15) is 0 Å². The van der Waals surface area contributed by atoms with Gasteiger partial charge in [-0.15, -0.1) is 5.10 Å². The van der Waals surface area contributed by atoms with Crippen LogP contribution in [0.2, 0.25) is 10.0 Å². The Labute approximate surface area is 120 Å². The van der Waals surface area contributed by atoms with E-state index in [2.05, 4.69) is 29.4 Å². The second kappa shape index (κ2) is 4.08. The normalized spacial score (nSPS) is 20.5. The van der Waals surface area contributed by atoms with Gasteiger partial charge in [-0.1, -0.05) is 37.0 Å². The van der Waals surface area contributed by atoms with E-state index in [0.717, 1.165) is 12.0 Å². The monoisotopic (exact) mass is 297 g/mol. The van der Waals surface area contributed by atoms with E-state index in [1.807, 2.05) is 4.68 Å². The highest BCUT2D eigenvalue weighted by molar-refractivity contribution is 6.43. The van der Waals surface area contributed by atoms with Crippen LogP contribution in [0, 0.1) is 5.41 Å². The van der Waals surface area contributed by atoms with Gasteiger partial charge < -0.3 is 5.73 Å². The smallest absolute Gasteiger partial charge is 0.182 e. The van der Waals surface area contributed by atoms with Crippen molar-refractivity contribution in [3.8, 4) is 11.4 Å². The molecule has 1 fully saturated rings. The lowest BCUT2D eigenvalue weighted by atomic mass is 10.1. The second-order valence-corrected chi connectivity index (χ2v) is 6.30. The Morgan fingerprint density at radius 3 is 2.63 bits per heavy atom. The maximum atomic E-state index is 6.05. The van der Waals surface area contributed by atoms with Crippen LogP contribution in [0.3, 0.4) is 0 Å². The number of hydrogen-bond acceptors (Lipinski definition) is 4. The molecule has 3 rings (SSSR count). The fourth-order valence-corrected chi connectivity index (χ4v) is 2.53. The molecule has 7 heteroatoms. The lowest BCUT2D eigenvalue weighted by Crippen LogP contribution is -2.05. The van der Waals surface area contributed by atoms with Gasteiger partial charge in [0, 0.05) is 5.56 Å². The lowest BCUT2D eigenvalue weighted by molar-refractivity contribution is 0.497. The van der Waals surface area contributed by atoms with Gasteiger partial charge in [-0.2, -0.15) is 0 Å². The van der Waals surface area contributed by atoms with Crippen molar-refractivity contribution in [2.45, 2.75) is 26.3 Å². The molecule has 0 bridgehead atoms. The number of hydrogen-bond donors (Lipinski definition) is 1. The van der Waals surface area contributed by atoms with Crippen LogP contribution in [0.5, 0.6) is 0 Å². The quantitative estimate of drug-likeness (QED) is 0.864. The van der Waals surface area contributed by atoms with Gasteiger partial charge in [-0.25, -0.2) is 4.68 Å². The summed E-state index contributed by atoms with van der Waals surface area (Å²) in [5.74, 6) is 0.667. The highest BCUT2D eigenvalue weighted by Gasteiger charge is 2.49. The average Bonchev–Trinajstić information content (AvgIpc) is 2.77. The summed E-state index contributed by atoms with van der Waals surface area (Å²) in [6, 6.07) is 3.79. The standard InChI is InChI=1S/C12H13Cl2N5/c1-12(2)5-9(12)19-11(16-17-18-19)6-3-7(13)10(14)8(15)4-6/h3-4,9H,5,15H2,1-2H3. The van der Waals surface area contributed by atoms with Gasteiger partial charge in [0.15, 0.2) is 5.82 Å². The van der Waals surface area contributed by atoms with Crippen molar-refractivity contribution in [3.05, 3.63) is 22.2 Å². The predicted molar refractivity (Wildman–Crippen MR) is 75.1 cm³/mol.